The van der Waals surface area contributed by atoms with E-state index in [4.69, 9.17) is 10.3 Å². The largest absolute Gasteiger partial charge is 0.359 e. The minimum atomic E-state index is -2.46. The first-order chi connectivity index (χ1) is 8.61. The Balaban J connectivity index is 2.23. The van der Waals surface area contributed by atoms with Gasteiger partial charge in [-0.2, -0.15) is 0 Å². The fourth-order valence-electron chi connectivity index (χ4n) is 1.60. The molecule has 1 atom stereocenters. The van der Waals surface area contributed by atoms with Crippen molar-refractivity contribution in [2.45, 2.75) is 25.8 Å². The van der Waals surface area contributed by atoms with Crippen LogP contribution in [0.4, 0.5) is 8.78 Å². The van der Waals surface area contributed by atoms with E-state index in [0.29, 0.717) is 11.5 Å². The second-order valence-corrected chi connectivity index (χ2v) is 4.05. The summed E-state index contributed by atoms with van der Waals surface area (Å²) < 4.78 is 29.9. The summed E-state index contributed by atoms with van der Waals surface area (Å²) in [5, 5.41) is 3.89. The number of hydrogen-bond acceptors (Lipinski definition) is 3. The first-order valence-corrected chi connectivity index (χ1v) is 5.72. The normalized spacial score (nSPS) is 12.9. The molecule has 0 radical (unpaired) electrons. The van der Waals surface area contributed by atoms with Crippen LogP contribution in [0.1, 0.15) is 37.1 Å². The molecule has 0 saturated heterocycles. The lowest BCUT2D eigenvalue weighted by atomic mass is 10.1. The lowest BCUT2D eigenvalue weighted by Gasteiger charge is -2.01. The molecule has 0 bridgehead atoms. The molecule has 2 rings (SSSR count). The van der Waals surface area contributed by atoms with Gasteiger partial charge in [0.25, 0.3) is 6.43 Å². The van der Waals surface area contributed by atoms with Crippen molar-refractivity contribution >= 4 is 0 Å². The fourth-order valence-corrected chi connectivity index (χ4v) is 1.60. The second-order valence-electron chi connectivity index (χ2n) is 4.05. The van der Waals surface area contributed by atoms with Crippen LogP contribution >= 0.6 is 0 Å². The lowest BCUT2D eigenvalue weighted by Crippen LogP contribution is -2.06. The highest BCUT2D eigenvalue weighted by molar-refractivity contribution is 5.59. The predicted molar refractivity (Wildman–Crippen MR) is 64.1 cm³/mol. The first-order valence-electron chi connectivity index (χ1n) is 5.72. The van der Waals surface area contributed by atoms with E-state index in [2.05, 4.69) is 5.16 Å². The number of nitrogens with zero attached hydrogens (tertiary/aromatic N) is 1. The Morgan fingerprint density at radius 1 is 1.28 bits per heavy atom. The molecule has 1 heterocycles. The van der Waals surface area contributed by atoms with Gasteiger partial charge in [0.05, 0.1) is 6.04 Å². The first kappa shape index (κ1) is 12.7. The summed E-state index contributed by atoms with van der Waals surface area (Å²) in [6.45, 7) is 1.95. The van der Waals surface area contributed by atoms with E-state index in [1.54, 1.807) is 18.2 Å². The van der Waals surface area contributed by atoms with Gasteiger partial charge in [0.15, 0.2) is 5.76 Å². The minimum Gasteiger partial charge on any atom is -0.359 e. The number of benzene rings is 1. The van der Waals surface area contributed by atoms with E-state index < -0.39 is 6.43 Å². The molecule has 1 aromatic carbocycles. The van der Waals surface area contributed by atoms with Crippen LogP contribution in [0.15, 0.2) is 34.9 Å². The van der Waals surface area contributed by atoms with Gasteiger partial charge >= 0.3 is 0 Å². The molecule has 0 saturated carbocycles. The molecule has 96 valence electrons. The maximum absolute atomic E-state index is 12.4. The van der Waals surface area contributed by atoms with Gasteiger partial charge < -0.3 is 10.3 Å². The Labute approximate surface area is 104 Å². The number of halogens is 2. The summed E-state index contributed by atoms with van der Waals surface area (Å²) >= 11 is 0. The predicted octanol–water partition coefficient (Wildman–Crippen LogP) is 3.69. The SMILES string of the molecule is CCC(N)c1cc(-c2ccc(C(F)F)cc2)no1. The maximum atomic E-state index is 12.4. The number of aromatic nitrogens is 1. The highest BCUT2D eigenvalue weighted by Crippen LogP contribution is 2.25. The van der Waals surface area contributed by atoms with Gasteiger partial charge in [0.2, 0.25) is 0 Å². The van der Waals surface area contributed by atoms with Crippen LogP contribution in [0, 0.1) is 0 Å². The van der Waals surface area contributed by atoms with Crippen LogP contribution in [0.25, 0.3) is 11.3 Å². The maximum Gasteiger partial charge on any atom is 0.263 e. The van der Waals surface area contributed by atoms with E-state index in [-0.39, 0.29) is 11.6 Å². The van der Waals surface area contributed by atoms with Crippen LogP contribution in [0.2, 0.25) is 0 Å². The van der Waals surface area contributed by atoms with Gasteiger partial charge in [0, 0.05) is 17.2 Å². The van der Waals surface area contributed by atoms with Crippen LogP contribution in [0.5, 0.6) is 0 Å². The monoisotopic (exact) mass is 252 g/mol. The molecule has 18 heavy (non-hydrogen) atoms. The summed E-state index contributed by atoms with van der Waals surface area (Å²) in [5.41, 5.74) is 7.15. The Morgan fingerprint density at radius 2 is 1.94 bits per heavy atom. The summed E-state index contributed by atoms with van der Waals surface area (Å²) in [7, 11) is 0. The number of nitrogens with two attached hydrogens (primary N) is 1. The van der Waals surface area contributed by atoms with Crippen molar-refractivity contribution in [3.63, 3.8) is 0 Å². The summed E-state index contributed by atoms with van der Waals surface area (Å²) in [4.78, 5) is 0. The van der Waals surface area contributed by atoms with E-state index in [0.717, 1.165) is 12.0 Å². The van der Waals surface area contributed by atoms with Crippen molar-refractivity contribution in [3.8, 4) is 11.3 Å². The smallest absolute Gasteiger partial charge is 0.263 e. The van der Waals surface area contributed by atoms with Crippen molar-refractivity contribution in [2.75, 3.05) is 0 Å². The molecule has 3 nitrogen and oxygen atoms in total. The van der Waals surface area contributed by atoms with Crippen molar-refractivity contribution in [2.24, 2.45) is 5.73 Å². The van der Waals surface area contributed by atoms with Gasteiger partial charge in [-0.05, 0) is 6.42 Å². The minimum absolute atomic E-state index is 0.00673. The van der Waals surface area contributed by atoms with Gasteiger partial charge in [-0.3, -0.25) is 0 Å². The zero-order valence-electron chi connectivity index (χ0n) is 9.94. The Bertz CT molecular complexity index is 508. The molecule has 1 unspecified atom stereocenters. The number of rotatable bonds is 4. The lowest BCUT2D eigenvalue weighted by molar-refractivity contribution is 0.151. The summed E-state index contributed by atoms with van der Waals surface area (Å²) in [5.74, 6) is 0.602. The molecule has 2 N–H and O–H groups in total. The molecule has 5 heteroatoms. The molecule has 1 aromatic heterocycles. The Kier molecular flexibility index (Phi) is 3.72. The van der Waals surface area contributed by atoms with Gasteiger partial charge in [-0.1, -0.05) is 36.3 Å². The van der Waals surface area contributed by atoms with Gasteiger partial charge in [0.1, 0.15) is 5.69 Å². The Morgan fingerprint density at radius 3 is 2.50 bits per heavy atom. The van der Waals surface area contributed by atoms with E-state index in [1.165, 1.54) is 12.1 Å². The van der Waals surface area contributed by atoms with Crippen LogP contribution in [-0.2, 0) is 0 Å². The molecule has 0 spiro atoms. The standard InChI is InChI=1S/C13H14F2N2O/c1-2-10(16)12-7-11(17-18-12)8-3-5-9(6-4-8)13(14)15/h3-7,10,13H,2,16H2,1H3. The van der Waals surface area contributed by atoms with Crippen LogP contribution in [0.3, 0.4) is 0 Å². The van der Waals surface area contributed by atoms with Crippen LogP contribution in [-0.4, -0.2) is 5.16 Å². The third-order valence-electron chi connectivity index (χ3n) is 2.79. The average molecular weight is 252 g/mol. The Hall–Kier alpha value is -1.75. The number of hydrogen-bond donors (Lipinski definition) is 1. The second kappa shape index (κ2) is 5.27. The highest BCUT2D eigenvalue weighted by Gasteiger charge is 2.12. The highest BCUT2D eigenvalue weighted by atomic mass is 19.3. The molecule has 0 aliphatic rings. The average Bonchev–Trinajstić information content (AvgIpc) is 2.87. The summed E-state index contributed by atoms with van der Waals surface area (Å²) in [6.07, 6.45) is -1.71. The molecular formula is C13H14F2N2O. The topological polar surface area (TPSA) is 52.0 Å². The van der Waals surface area contributed by atoms with Crippen molar-refractivity contribution in [1.29, 1.82) is 0 Å². The van der Waals surface area contributed by atoms with E-state index in [1.807, 2.05) is 6.92 Å². The fraction of sp³-hybridized carbons (Fsp3) is 0.308. The van der Waals surface area contributed by atoms with Crippen molar-refractivity contribution in [3.05, 3.63) is 41.7 Å². The molecule has 0 aliphatic carbocycles. The molecular weight excluding hydrogens is 238 g/mol. The van der Waals surface area contributed by atoms with Gasteiger partial charge in [-0.25, -0.2) is 8.78 Å². The van der Waals surface area contributed by atoms with Crippen LogP contribution < -0.4 is 5.73 Å². The van der Waals surface area contributed by atoms with E-state index >= 15 is 0 Å². The zero-order chi connectivity index (χ0) is 13.1. The van der Waals surface area contributed by atoms with Crippen molar-refractivity contribution in [1.82, 2.24) is 5.16 Å². The zero-order valence-corrected chi connectivity index (χ0v) is 9.94. The molecule has 2 aromatic rings. The quantitative estimate of drug-likeness (QED) is 0.902. The third-order valence-corrected chi connectivity index (χ3v) is 2.79. The summed E-state index contributed by atoms with van der Waals surface area (Å²) in [6, 6.07) is 7.51. The van der Waals surface area contributed by atoms with E-state index in [9.17, 15) is 8.78 Å². The molecule has 0 amide bonds. The van der Waals surface area contributed by atoms with Gasteiger partial charge in [-0.15, -0.1) is 0 Å². The number of alkyl halides is 2. The van der Waals surface area contributed by atoms with Crippen molar-refractivity contribution < 1.29 is 13.3 Å². The molecule has 0 fully saturated rings. The molecule has 0 aliphatic heterocycles. The third kappa shape index (κ3) is 2.56.